The zero-order chi connectivity index (χ0) is 16.4. The Hall–Kier alpha value is -2.74. The van der Waals surface area contributed by atoms with Crippen molar-refractivity contribution in [3.63, 3.8) is 0 Å². The number of carbonyl (C=O) groups excluding carboxylic acids is 1. The number of fused-ring (bicyclic) bond motifs is 1. The molecule has 5 nitrogen and oxygen atoms in total. The van der Waals surface area contributed by atoms with Gasteiger partial charge in [0, 0.05) is 11.6 Å². The van der Waals surface area contributed by atoms with Gasteiger partial charge in [0.1, 0.15) is 15.5 Å². The summed E-state index contributed by atoms with van der Waals surface area (Å²) in [6, 6.07) is 9.43. The van der Waals surface area contributed by atoms with Gasteiger partial charge in [0.05, 0.1) is 11.4 Å². The van der Waals surface area contributed by atoms with E-state index in [1.54, 1.807) is 24.4 Å². The number of amides is 1. The smallest absolute Gasteiger partial charge is 0.387 e. The van der Waals surface area contributed by atoms with E-state index in [4.69, 9.17) is 5.73 Å². The molecule has 0 saturated heterocycles. The van der Waals surface area contributed by atoms with Crippen molar-refractivity contribution in [3.05, 3.63) is 47.5 Å². The summed E-state index contributed by atoms with van der Waals surface area (Å²) in [5, 5.41) is 3.22. The average molecular weight is 335 g/mol. The van der Waals surface area contributed by atoms with Gasteiger partial charge in [-0.25, -0.2) is 4.98 Å². The summed E-state index contributed by atoms with van der Waals surface area (Å²) in [6.45, 7) is -2.98. The van der Waals surface area contributed by atoms with Gasteiger partial charge >= 0.3 is 6.61 Å². The summed E-state index contributed by atoms with van der Waals surface area (Å²) < 4.78 is 29.2. The Balaban J connectivity index is 1.91. The number of ether oxygens (including phenoxy) is 1. The Morgan fingerprint density at radius 1 is 1.26 bits per heavy atom. The van der Waals surface area contributed by atoms with E-state index in [0.717, 1.165) is 11.3 Å². The van der Waals surface area contributed by atoms with E-state index in [-0.39, 0.29) is 16.3 Å². The summed E-state index contributed by atoms with van der Waals surface area (Å²) in [5.74, 6) is -0.621. The van der Waals surface area contributed by atoms with Crippen LogP contribution in [0.25, 0.3) is 10.2 Å². The zero-order valence-corrected chi connectivity index (χ0v) is 12.4. The van der Waals surface area contributed by atoms with Crippen molar-refractivity contribution in [2.24, 2.45) is 0 Å². The van der Waals surface area contributed by atoms with Crippen molar-refractivity contribution < 1.29 is 18.3 Å². The summed E-state index contributed by atoms with van der Waals surface area (Å²) in [6.07, 6.45) is 1.60. The molecule has 3 aromatic rings. The fourth-order valence-corrected chi connectivity index (χ4v) is 3.03. The van der Waals surface area contributed by atoms with Gasteiger partial charge in [-0.1, -0.05) is 12.1 Å². The van der Waals surface area contributed by atoms with Crippen LogP contribution in [0.3, 0.4) is 0 Å². The summed E-state index contributed by atoms with van der Waals surface area (Å²) >= 11 is 1.13. The number of para-hydroxylation sites is 2. The lowest BCUT2D eigenvalue weighted by molar-refractivity contribution is -0.0493. The molecule has 1 amide bonds. The molecular weight excluding hydrogens is 324 g/mol. The molecular formula is C15H11F2N3O2S. The zero-order valence-electron chi connectivity index (χ0n) is 11.6. The first-order chi connectivity index (χ1) is 11.1. The number of hydrogen-bond donors (Lipinski definition) is 2. The van der Waals surface area contributed by atoms with Crippen molar-refractivity contribution in [2.45, 2.75) is 6.61 Å². The van der Waals surface area contributed by atoms with Crippen molar-refractivity contribution in [2.75, 3.05) is 11.1 Å². The van der Waals surface area contributed by atoms with E-state index in [9.17, 15) is 13.6 Å². The van der Waals surface area contributed by atoms with Crippen LogP contribution in [0.4, 0.5) is 20.2 Å². The van der Waals surface area contributed by atoms with Crippen LogP contribution in [0.15, 0.2) is 42.6 Å². The molecule has 2 aromatic heterocycles. The molecule has 8 heteroatoms. The molecule has 0 unspecified atom stereocenters. The highest BCUT2D eigenvalue weighted by Crippen LogP contribution is 2.33. The number of nitrogens with two attached hydrogens (primary N) is 1. The molecule has 2 heterocycles. The minimum absolute atomic E-state index is 0.117. The Labute approximate surface area is 133 Å². The first-order valence-electron chi connectivity index (χ1n) is 6.54. The van der Waals surface area contributed by atoms with E-state index < -0.39 is 12.5 Å². The predicted molar refractivity (Wildman–Crippen MR) is 85.1 cm³/mol. The van der Waals surface area contributed by atoms with Gasteiger partial charge in [-0.2, -0.15) is 8.78 Å². The van der Waals surface area contributed by atoms with Gasteiger partial charge in [0.2, 0.25) is 0 Å². The summed E-state index contributed by atoms with van der Waals surface area (Å²) in [7, 11) is 0. The molecule has 0 bridgehead atoms. The topological polar surface area (TPSA) is 77.2 Å². The van der Waals surface area contributed by atoms with Crippen molar-refractivity contribution in [1.29, 1.82) is 0 Å². The second-order valence-electron chi connectivity index (χ2n) is 4.53. The number of rotatable bonds is 4. The van der Waals surface area contributed by atoms with E-state index in [2.05, 4.69) is 15.0 Å². The van der Waals surface area contributed by atoms with Crippen molar-refractivity contribution >= 4 is 38.8 Å². The second-order valence-corrected chi connectivity index (χ2v) is 5.53. The number of pyridine rings is 1. The van der Waals surface area contributed by atoms with E-state index in [1.807, 2.05) is 0 Å². The number of nitrogens with zero attached hydrogens (tertiary/aromatic N) is 1. The van der Waals surface area contributed by atoms with Crippen LogP contribution in [-0.2, 0) is 0 Å². The average Bonchev–Trinajstić information content (AvgIpc) is 2.86. The minimum atomic E-state index is -2.98. The molecule has 3 N–H and O–H groups in total. The molecule has 0 aliphatic rings. The molecule has 3 rings (SSSR count). The lowest BCUT2D eigenvalue weighted by Crippen LogP contribution is -2.14. The number of hydrogen-bond acceptors (Lipinski definition) is 5. The molecule has 0 saturated carbocycles. The maximum atomic E-state index is 12.4. The number of benzene rings is 1. The highest BCUT2D eigenvalue weighted by molar-refractivity contribution is 7.21. The molecule has 118 valence electrons. The lowest BCUT2D eigenvalue weighted by atomic mass is 10.2. The number of nitrogen functional groups attached to an aromatic ring is 1. The SMILES string of the molecule is Nc1c(C(=O)Nc2ccccc2OC(F)F)sc2ncccc12. The number of carbonyl (C=O) groups is 1. The molecule has 0 atom stereocenters. The summed E-state index contributed by atoms with van der Waals surface area (Å²) in [5.41, 5.74) is 6.42. The Morgan fingerprint density at radius 3 is 2.78 bits per heavy atom. The van der Waals surface area contributed by atoms with Gasteiger partial charge in [0.15, 0.2) is 0 Å². The first-order valence-corrected chi connectivity index (χ1v) is 7.36. The molecule has 0 aliphatic carbocycles. The molecule has 0 fully saturated rings. The van der Waals surface area contributed by atoms with Crippen LogP contribution < -0.4 is 15.8 Å². The van der Waals surface area contributed by atoms with Crippen LogP contribution in [0.2, 0.25) is 0 Å². The molecule has 0 aliphatic heterocycles. The van der Waals surface area contributed by atoms with E-state index in [1.165, 1.54) is 18.2 Å². The van der Waals surface area contributed by atoms with Gasteiger partial charge in [-0.15, -0.1) is 11.3 Å². The third-order valence-electron chi connectivity index (χ3n) is 3.06. The highest BCUT2D eigenvalue weighted by Gasteiger charge is 2.19. The molecule has 1 aromatic carbocycles. The van der Waals surface area contributed by atoms with Crippen LogP contribution in [-0.4, -0.2) is 17.5 Å². The van der Waals surface area contributed by atoms with Crippen LogP contribution in [0.5, 0.6) is 5.75 Å². The Bertz CT molecular complexity index is 867. The van der Waals surface area contributed by atoms with Gasteiger partial charge in [-0.05, 0) is 24.3 Å². The highest BCUT2D eigenvalue weighted by atomic mass is 32.1. The standard InChI is InChI=1S/C15H11F2N3O2S/c16-15(17)22-10-6-2-1-5-9(10)20-13(21)12-11(18)8-4-3-7-19-14(8)23-12/h1-7,15H,18H2,(H,20,21). The molecule has 23 heavy (non-hydrogen) atoms. The van der Waals surface area contributed by atoms with E-state index in [0.29, 0.717) is 15.9 Å². The van der Waals surface area contributed by atoms with Crippen LogP contribution in [0.1, 0.15) is 9.67 Å². The van der Waals surface area contributed by atoms with Gasteiger partial charge < -0.3 is 15.8 Å². The van der Waals surface area contributed by atoms with Crippen LogP contribution in [0, 0.1) is 0 Å². The maximum absolute atomic E-state index is 12.4. The lowest BCUT2D eigenvalue weighted by Gasteiger charge is -2.11. The molecule has 0 radical (unpaired) electrons. The van der Waals surface area contributed by atoms with Gasteiger partial charge in [0.25, 0.3) is 5.91 Å². The van der Waals surface area contributed by atoms with Crippen molar-refractivity contribution in [3.8, 4) is 5.75 Å². The summed E-state index contributed by atoms with van der Waals surface area (Å²) in [4.78, 5) is 17.4. The quantitative estimate of drug-likeness (QED) is 0.761. The third kappa shape index (κ3) is 3.07. The Kier molecular flexibility index (Phi) is 4.07. The van der Waals surface area contributed by atoms with Crippen molar-refractivity contribution in [1.82, 2.24) is 4.98 Å². The number of alkyl halides is 2. The fraction of sp³-hybridized carbons (Fsp3) is 0.0667. The van der Waals surface area contributed by atoms with Crippen LogP contribution >= 0.6 is 11.3 Å². The Morgan fingerprint density at radius 2 is 2.04 bits per heavy atom. The first kappa shape index (κ1) is 15.2. The number of thiophene rings is 1. The predicted octanol–water partition coefficient (Wildman–Crippen LogP) is 3.73. The number of nitrogens with one attached hydrogen (secondary N) is 1. The second kappa shape index (κ2) is 6.17. The minimum Gasteiger partial charge on any atom is -0.433 e. The van der Waals surface area contributed by atoms with E-state index >= 15 is 0 Å². The maximum Gasteiger partial charge on any atom is 0.387 e. The largest absolute Gasteiger partial charge is 0.433 e. The number of aromatic nitrogens is 1. The number of anilines is 2. The van der Waals surface area contributed by atoms with Gasteiger partial charge in [-0.3, -0.25) is 4.79 Å². The monoisotopic (exact) mass is 335 g/mol. The molecule has 0 spiro atoms. The normalized spacial score (nSPS) is 10.9. The number of halogens is 2. The fourth-order valence-electron chi connectivity index (χ4n) is 2.07. The third-order valence-corrected chi connectivity index (χ3v) is 4.19.